The predicted molar refractivity (Wildman–Crippen MR) is 101 cm³/mol. The summed E-state index contributed by atoms with van der Waals surface area (Å²) in [4.78, 5) is 27.7. The minimum Gasteiger partial charge on any atom is -0.467 e. The van der Waals surface area contributed by atoms with E-state index in [-0.39, 0.29) is 23.4 Å². The van der Waals surface area contributed by atoms with Gasteiger partial charge in [-0.25, -0.2) is 9.18 Å². The van der Waals surface area contributed by atoms with Gasteiger partial charge in [-0.2, -0.15) is 0 Å². The largest absolute Gasteiger partial charge is 0.467 e. The zero-order valence-corrected chi connectivity index (χ0v) is 15.3. The average molecular weight is 389 g/mol. The number of fused-ring (bicyclic) bond motifs is 1. The number of nitrogens with one attached hydrogen (secondary N) is 2. The molecule has 0 spiro atoms. The maximum Gasteiger partial charge on any atom is 0.328 e. The zero-order chi connectivity index (χ0) is 19.4. The number of aromatic amines is 1. The molecular weight excluding hydrogens is 371 g/mol. The third-order valence-electron chi connectivity index (χ3n) is 4.32. The van der Waals surface area contributed by atoms with E-state index in [1.807, 2.05) is 24.3 Å². The van der Waals surface area contributed by atoms with Gasteiger partial charge in [-0.05, 0) is 23.8 Å². The van der Waals surface area contributed by atoms with Crippen LogP contribution in [0, 0.1) is 5.82 Å². The number of halogens is 2. The van der Waals surface area contributed by atoms with Gasteiger partial charge in [-0.1, -0.05) is 35.9 Å². The van der Waals surface area contributed by atoms with Crippen molar-refractivity contribution in [2.45, 2.75) is 18.9 Å². The molecule has 2 aromatic carbocycles. The highest BCUT2D eigenvalue weighted by atomic mass is 35.5. The Labute approximate surface area is 160 Å². The first-order valence-electron chi connectivity index (χ1n) is 8.34. The Kier molecular flexibility index (Phi) is 5.76. The number of H-pyrrole nitrogens is 1. The van der Waals surface area contributed by atoms with E-state index in [4.69, 9.17) is 16.3 Å². The first-order valence-corrected chi connectivity index (χ1v) is 8.72. The molecule has 1 amide bonds. The number of rotatable bonds is 6. The summed E-state index contributed by atoms with van der Waals surface area (Å²) in [6.07, 6.45) is 1.76. The minimum absolute atomic E-state index is 0.0902. The van der Waals surface area contributed by atoms with Gasteiger partial charge in [0.1, 0.15) is 11.9 Å². The molecule has 27 heavy (non-hydrogen) atoms. The second kappa shape index (κ2) is 8.22. The number of ether oxygens (including phenoxy) is 1. The van der Waals surface area contributed by atoms with Crippen LogP contribution in [0.15, 0.2) is 48.7 Å². The molecule has 7 heteroatoms. The van der Waals surface area contributed by atoms with Crippen molar-refractivity contribution in [2.24, 2.45) is 0 Å². The van der Waals surface area contributed by atoms with Crippen LogP contribution in [-0.2, 0) is 27.2 Å². The first-order chi connectivity index (χ1) is 13.0. The lowest BCUT2D eigenvalue weighted by Crippen LogP contribution is -2.43. The maximum absolute atomic E-state index is 13.9. The average Bonchev–Trinajstić information content (AvgIpc) is 3.07. The van der Waals surface area contributed by atoms with Crippen LogP contribution in [0.3, 0.4) is 0 Å². The molecule has 1 aromatic heterocycles. The zero-order valence-electron chi connectivity index (χ0n) is 14.6. The number of esters is 1. The fraction of sp³-hybridized carbons (Fsp3) is 0.200. The van der Waals surface area contributed by atoms with Crippen LogP contribution in [0.4, 0.5) is 4.39 Å². The Morgan fingerprint density at radius 3 is 2.74 bits per heavy atom. The molecule has 0 aliphatic carbocycles. The highest BCUT2D eigenvalue weighted by molar-refractivity contribution is 6.31. The molecule has 1 heterocycles. The topological polar surface area (TPSA) is 71.2 Å². The van der Waals surface area contributed by atoms with Crippen LogP contribution in [-0.4, -0.2) is 30.0 Å². The summed E-state index contributed by atoms with van der Waals surface area (Å²) in [6.45, 7) is 0. The molecule has 0 radical (unpaired) electrons. The monoisotopic (exact) mass is 388 g/mol. The normalized spacial score (nSPS) is 12.0. The number of amides is 1. The van der Waals surface area contributed by atoms with E-state index in [0.717, 1.165) is 16.5 Å². The molecule has 0 aliphatic rings. The van der Waals surface area contributed by atoms with Gasteiger partial charge in [0.15, 0.2) is 0 Å². The van der Waals surface area contributed by atoms with Crippen LogP contribution in [0.25, 0.3) is 10.9 Å². The SMILES string of the molecule is COC(=O)C(Cc1c[nH]c2ccccc12)NC(=O)Cc1c(F)cccc1Cl. The Morgan fingerprint density at radius 2 is 2.00 bits per heavy atom. The summed E-state index contributed by atoms with van der Waals surface area (Å²) in [6, 6.07) is 11.0. The summed E-state index contributed by atoms with van der Waals surface area (Å²) in [5.74, 6) is -1.66. The molecule has 2 N–H and O–H groups in total. The molecule has 3 aromatic rings. The molecule has 0 bridgehead atoms. The third-order valence-corrected chi connectivity index (χ3v) is 4.67. The highest BCUT2D eigenvalue weighted by Gasteiger charge is 2.24. The minimum atomic E-state index is -0.896. The Balaban J connectivity index is 1.77. The number of methoxy groups -OCH3 is 1. The van der Waals surface area contributed by atoms with Crippen molar-refractivity contribution >= 4 is 34.4 Å². The van der Waals surface area contributed by atoms with Crippen LogP contribution in [0.2, 0.25) is 5.02 Å². The second-order valence-electron chi connectivity index (χ2n) is 6.08. The Morgan fingerprint density at radius 1 is 1.22 bits per heavy atom. The lowest BCUT2D eigenvalue weighted by molar-refractivity contribution is -0.145. The number of aromatic nitrogens is 1. The van der Waals surface area contributed by atoms with Gasteiger partial charge in [0.25, 0.3) is 0 Å². The van der Waals surface area contributed by atoms with E-state index >= 15 is 0 Å². The van der Waals surface area contributed by atoms with Crippen LogP contribution < -0.4 is 5.32 Å². The summed E-state index contributed by atoms with van der Waals surface area (Å²) in [7, 11) is 1.25. The van der Waals surface area contributed by atoms with Crippen molar-refractivity contribution in [3.05, 3.63) is 70.6 Å². The molecule has 1 unspecified atom stereocenters. The van der Waals surface area contributed by atoms with Gasteiger partial charge < -0.3 is 15.0 Å². The van der Waals surface area contributed by atoms with E-state index in [1.54, 1.807) is 6.20 Å². The third kappa shape index (κ3) is 4.28. The molecule has 1 atom stereocenters. The molecule has 0 saturated heterocycles. The molecule has 0 aliphatic heterocycles. The van der Waals surface area contributed by atoms with E-state index in [9.17, 15) is 14.0 Å². The van der Waals surface area contributed by atoms with Gasteiger partial charge in [0, 0.05) is 34.1 Å². The molecule has 5 nitrogen and oxygen atoms in total. The van der Waals surface area contributed by atoms with Crippen molar-refractivity contribution in [3.63, 3.8) is 0 Å². The van der Waals surface area contributed by atoms with Crippen molar-refractivity contribution in [1.82, 2.24) is 10.3 Å². The lowest BCUT2D eigenvalue weighted by atomic mass is 10.0. The van der Waals surface area contributed by atoms with Gasteiger partial charge in [-0.3, -0.25) is 4.79 Å². The van der Waals surface area contributed by atoms with Gasteiger partial charge in [-0.15, -0.1) is 0 Å². The molecule has 0 fully saturated rings. The van der Waals surface area contributed by atoms with Gasteiger partial charge >= 0.3 is 5.97 Å². The predicted octanol–water partition coefficient (Wildman–Crippen LogP) is 3.40. The van der Waals surface area contributed by atoms with Crippen molar-refractivity contribution in [2.75, 3.05) is 7.11 Å². The first kappa shape index (κ1) is 18.9. The molecule has 3 rings (SSSR count). The molecule has 140 valence electrons. The smallest absolute Gasteiger partial charge is 0.328 e. The number of carbonyl (C=O) groups excluding carboxylic acids is 2. The standard InChI is InChI=1S/C20H18ClFN2O3/c1-27-20(26)18(9-12-11-23-17-8-3-2-5-13(12)17)24-19(25)10-14-15(21)6-4-7-16(14)22/h2-8,11,18,23H,9-10H2,1H3,(H,24,25). The Bertz CT molecular complexity index is 966. The van der Waals surface area contributed by atoms with Gasteiger partial charge in [0.05, 0.1) is 13.5 Å². The van der Waals surface area contributed by atoms with Crippen LogP contribution in [0.1, 0.15) is 11.1 Å². The van der Waals surface area contributed by atoms with Gasteiger partial charge in [0.2, 0.25) is 5.91 Å². The van der Waals surface area contributed by atoms with Crippen LogP contribution in [0.5, 0.6) is 0 Å². The summed E-state index contributed by atoms with van der Waals surface area (Å²) in [5.41, 5.74) is 1.89. The number of hydrogen-bond donors (Lipinski definition) is 2. The number of carbonyl (C=O) groups is 2. The quantitative estimate of drug-likeness (QED) is 0.636. The van der Waals surface area contributed by atoms with Crippen LogP contribution >= 0.6 is 11.6 Å². The number of para-hydroxylation sites is 1. The van der Waals surface area contributed by atoms with E-state index in [2.05, 4.69) is 10.3 Å². The fourth-order valence-electron chi connectivity index (χ4n) is 2.96. The van der Waals surface area contributed by atoms with Crippen molar-refractivity contribution < 1.29 is 18.7 Å². The second-order valence-corrected chi connectivity index (χ2v) is 6.49. The maximum atomic E-state index is 13.9. The van der Waals surface area contributed by atoms with E-state index in [0.29, 0.717) is 0 Å². The van der Waals surface area contributed by atoms with Crippen molar-refractivity contribution in [1.29, 1.82) is 0 Å². The molecule has 0 saturated carbocycles. The molecular formula is C20H18ClFN2O3. The Hall–Kier alpha value is -2.86. The summed E-state index contributed by atoms with van der Waals surface area (Å²) in [5, 5.41) is 3.74. The summed E-state index contributed by atoms with van der Waals surface area (Å²) >= 11 is 5.96. The van der Waals surface area contributed by atoms with E-state index < -0.39 is 23.7 Å². The van der Waals surface area contributed by atoms with E-state index in [1.165, 1.54) is 25.3 Å². The fourth-order valence-corrected chi connectivity index (χ4v) is 3.19. The number of hydrogen-bond acceptors (Lipinski definition) is 3. The van der Waals surface area contributed by atoms with Crippen molar-refractivity contribution in [3.8, 4) is 0 Å². The highest BCUT2D eigenvalue weighted by Crippen LogP contribution is 2.21. The summed E-state index contributed by atoms with van der Waals surface area (Å²) < 4.78 is 18.7. The lowest BCUT2D eigenvalue weighted by Gasteiger charge is -2.17. The number of benzene rings is 2.